The number of aryl methyl sites for hydroxylation is 1. The third-order valence-electron chi connectivity index (χ3n) is 6.41. The smallest absolute Gasteiger partial charge is 0.279 e. The number of halogens is 2. The highest BCUT2D eigenvalue weighted by Crippen LogP contribution is 2.41. The number of ether oxygens (including phenoxy) is 1. The second-order valence-electron chi connectivity index (χ2n) is 9.05. The predicted molar refractivity (Wildman–Crippen MR) is 158 cm³/mol. The summed E-state index contributed by atoms with van der Waals surface area (Å²) in [4.78, 5) is 41.4. The highest BCUT2D eigenvalue weighted by Gasteiger charge is 2.19. The van der Waals surface area contributed by atoms with Crippen LogP contribution in [0.4, 0.5) is 5.69 Å². The fraction of sp³-hybridized carbons (Fsp3) is 0.207. The molecule has 3 N–H and O–H groups in total. The van der Waals surface area contributed by atoms with Gasteiger partial charge >= 0.3 is 0 Å². The van der Waals surface area contributed by atoms with Crippen molar-refractivity contribution in [3.63, 3.8) is 0 Å². The Morgan fingerprint density at radius 1 is 1.02 bits per heavy atom. The van der Waals surface area contributed by atoms with Crippen molar-refractivity contribution in [2.24, 2.45) is 7.05 Å². The van der Waals surface area contributed by atoms with E-state index in [2.05, 4.69) is 20.7 Å². The molecule has 0 bridgehead atoms. The first kappa shape index (κ1) is 29.9. The van der Waals surface area contributed by atoms with E-state index in [0.29, 0.717) is 44.5 Å². The number of aliphatic hydroxyl groups is 1. The van der Waals surface area contributed by atoms with Gasteiger partial charge in [-0.15, -0.1) is 0 Å². The van der Waals surface area contributed by atoms with Crippen LogP contribution in [0.3, 0.4) is 0 Å². The van der Waals surface area contributed by atoms with Crippen molar-refractivity contribution in [2.75, 3.05) is 19.0 Å². The summed E-state index contributed by atoms with van der Waals surface area (Å²) in [6, 6.07) is 14.8. The van der Waals surface area contributed by atoms with Gasteiger partial charge in [-0.05, 0) is 25.1 Å². The Hall–Kier alpha value is -4.09. The van der Waals surface area contributed by atoms with Gasteiger partial charge in [-0.2, -0.15) is 5.10 Å². The molecule has 0 aliphatic heterocycles. The van der Waals surface area contributed by atoms with E-state index < -0.39 is 17.5 Å². The van der Waals surface area contributed by atoms with E-state index in [9.17, 15) is 19.5 Å². The molecule has 2 heterocycles. The quantitative estimate of drug-likeness (QED) is 0.249. The summed E-state index contributed by atoms with van der Waals surface area (Å²) in [6.07, 6.45) is 1.36. The lowest BCUT2D eigenvalue weighted by Gasteiger charge is -2.16. The number of nitrogens with one attached hydrogen (secondary N) is 2. The molecule has 2 aromatic carbocycles. The molecule has 12 heteroatoms. The summed E-state index contributed by atoms with van der Waals surface area (Å²) < 4.78 is 6.55. The Kier molecular flexibility index (Phi) is 9.51. The molecule has 1 atom stereocenters. The van der Waals surface area contributed by atoms with Crippen molar-refractivity contribution in [3.05, 3.63) is 92.3 Å². The largest absolute Gasteiger partial charge is 0.481 e. The van der Waals surface area contributed by atoms with Crippen molar-refractivity contribution < 1.29 is 19.4 Å². The van der Waals surface area contributed by atoms with E-state index in [1.807, 2.05) is 6.07 Å². The SMILES string of the molecule is COc1nc(-c2cccc(-c3cccc(NC(=O)c4ccnn(C)c4=O)c3Cl)c2Cl)ccc1CNC(CO)C(C)=O. The summed E-state index contributed by atoms with van der Waals surface area (Å²) in [6.45, 7) is 1.34. The van der Waals surface area contributed by atoms with Gasteiger partial charge in [0.05, 0.1) is 41.2 Å². The van der Waals surface area contributed by atoms with E-state index in [1.165, 1.54) is 33.3 Å². The molecule has 41 heavy (non-hydrogen) atoms. The second-order valence-corrected chi connectivity index (χ2v) is 9.81. The van der Waals surface area contributed by atoms with Crippen LogP contribution in [0, 0.1) is 0 Å². The molecule has 212 valence electrons. The summed E-state index contributed by atoms with van der Waals surface area (Å²) in [5.74, 6) is -0.461. The lowest BCUT2D eigenvalue weighted by Crippen LogP contribution is -2.38. The van der Waals surface area contributed by atoms with Gasteiger partial charge in [0.25, 0.3) is 11.5 Å². The van der Waals surface area contributed by atoms with E-state index >= 15 is 0 Å². The molecule has 4 rings (SSSR count). The molecular formula is C29H27Cl2N5O5. The van der Waals surface area contributed by atoms with Gasteiger partial charge in [0.2, 0.25) is 5.88 Å². The molecule has 0 fully saturated rings. The first-order valence-electron chi connectivity index (χ1n) is 12.5. The highest BCUT2D eigenvalue weighted by molar-refractivity contribution is 6.39. The molecule has 10 nitrogen and oxygen atoms in total. The van der Waals surface area contributed by atoms with Crippen molar-refractivity contribution in [2.45, 2.75) is 19.5 Å². The highest BCUT2D eigenvalue weighted by atomic mass is 35.5. The summed E-state index contributed by atoms with van der Waals surface area (Å²) in [7, 11) is 2.95. The first-order valence-corrected chi connectivity index (χ1v) is 13.2. The van der Waals surface area contributed by atoms with E-state index in [1.54, 1.807) is 42.5 Å². The van der Waals surface area contributed by atoms with Gasteiger partial charge in [-0.25, -0.2) is 9.67 Å². The number of aliphatic hydroxyl groups excluding tert-OH is 1. The molecule has 0 saturated heterocycles. The van der Waals surface area contributed by atoms with Crippen LogP contribution in [0.15, 0.2) is 65.6 Å². The maximum atomic E-state index is 12.8. The molecule has 1 unspecified atom stereocenters. The molecule has 0 spiro atoms. The Morgan fingerprint density at radius 2 is 1.71 bits per heavy atom. The zero-order valence-corrected chi connectivity index (χ0v) is 24.0. The number of methoxy groups -OCH3 is 1. The third kappa shape index (κ3) is 6.47. The van der Waals surface area contributed by atoms with Crippen LogP contribution in [0.25, 0.3) is 22.4 Å². The van der Waals surface area contributed by atoms with Crippen molar-refractivity contribution in [1.82, 2.24) is 20.1 Å². The standard InChI is InChI=1S/C29H27Cl2N5O5/c1-16(38)24(15-37)32-14-17-10-11-22(35-28(17)41-3)20-8-4-6-18(25(20)30)19-7-5-9-23(26(19)31)34-27(39)21-12-13-33-36(2)29(21)40/h4-13,24,32,37H,14-15H2,1-3H3,(H,34,39). The Labute approximate surface area is 245 Å². The number of ketones is 1. The van der Waals surface area contributed by atoms with Gasteiger partial charge in [0.15, 0.2) is 0 Å². The van der Waals surface area contributed by atoms with Crippen molar-refractivity contribution >= 4 is 40.6 Å². The molecule has 0 saturated carbocycles. The fourth-order valence-electron chi connectivity index (χ4n) is 4.14. The minimum absolute atomic E-state index is 0.0733. The molecule has 2 aromatic heterocycles. The molecule has 4 aromatic rings. The maximum Gasteiger partial charge on any atom is 0.279 e. The van der Waals surface area contributed by atoms with Gasteiger partial charge in [0, 0.05) is 42.0 Å². The molecular weight excluding hydrogens is 569 g/mol. The summed E-state index contributed by atoms with van der Waals surface area (Å²) in [5, 5.41) is 19.5. The fourth-order valence-corrected chi connectivity index (χ4v) is 4.74. The summed E-state index contributed by atoms with van der Waals surface area (Å²) >= 11 is 13.6. The van der Waals surface area contributed by atoms with Crippen LogP contribution in [0.5, 0.6) is 5.88 Å². The van der Waals surface area contributed by atoms with Crippen molar-refractivity contribution in [3.8, 4) is 28.3 Å². The number of amides is 1. The zero-order chi connectivity index (χ0) is 29.7. The van der Waals surface area contributed by atoms with Gasteiger partial charge in [-0.1, -0.05) is 59.6 Å². The number of Topliss-reactive ketones (excluding diaryl/α,β-unsaturated/α-hetero) is 1. The minimum Gasteiger partial charge on any atom is -0.481 e. The molecule has 0 aliphatic carbocycles. The van der Waals surface area contributed by atoms with Crippen LogP contribution in [-0.4, -0.2) is 51.3 Å². The number of aromatic nitrogens is 3. The average molecular weight is 596 g/mol. The van der Waals surface area contributed by atoms with Gasteiger partial charge in [-0.3, -0.25) is 14.4 Å². The van der Waals surface area contributed by atoms with Crippen LogP contribution in [0.2, 0.25) is 10.0 Å². The van der Waals surface area contributed by atoms with Crippen molar-refractivity contribution in [1.29, 1.82) is 0 Å². The first-order chi connectivity index (χ1) is 19.7. The number of benzene rings is 2. The normalized spacial score (nSPS) is 11.7. The van der Waals surface area contributed by atoms with Crippen LogP contribution in [-0.2, 0) is 18.4 Å². The predicted octanol–water partition coefficient (Wildman–Crippen LogP) is 4.12. The topological polar surface area (TPSA) is 135 Å². The number of nitrogens with zero attached hydrogens (tertiary/aromatic N) is 3. The van der Waals surface area contributed by atoms with E-state index in [0.717, 1.165) is 4.68 Å². The lowest BCUT2D eigenvalue weighted by atomic mass is 10.00. The maximum absolute atomic E-state index is 12.8. The number of hydrogen-bond donors (Lipinski definition) is 3. The third-order valence-corrected chi connectivity index (χ3v) is 7.22. The Bertz CT molecular complexity index is 1670. The van der Waals surface area contributed by atoms with Gasteiger partial charge in [0.1, 0.15) is 11.3 Å². The molecule has 0 aliphatic rings. The monoisotopic (exact) mass is 595 g/mol. The van der Waals surface area contributed by atoms with Crippen LogP contribution >= 0.6 is 23.2 Å². The van der Waals surface area contributed by atoms with E-state index in [-0.39, 0.29) is 29.5 Å². The van der Waals surface area contributed by atoms with Gasteiger partial charge < -0.3 is 20.5 Å². The van der Waals surface area contributed by atoms with E-state index in [4.69, 9.17) is 27.9 Å². The molecule has 1 amide bonds. The summed E-state index contributed by atoms with van der Waals surface area (Å²) in [5.41, 5.74) is 2.70. The number of carbonyl (C=O) groups is 2. The average Bonchev–Trinajstić information content (AvgIpc) is 2.96. The Balaban J connectivity index is 1.65. The number of rotatable bonds is 10. The number of anilines is 1. The Morgan fingerprint density at radius 3 is 2.39 bits per heavy atom. The number of hydrogen-bond acceptors (Lipinski definition) is 8. The zero-order valence-electron chi connectivity index (χ0n) is 22.4. The van der Waals surface area contributed by atoms with Crippen LogP contribution < -0.4 is 20.9 Å². The second kappa shape index (κ2) is 13.0. The molecule has 0 radical (unpaired) electrons. The van der Waals surface area contributed by atoms with Crippen LogP contribution in [0.1, 0.15) is 22.8 Å². The number of pyridine rings is 1. The number of carbonyl (C=O) groups excluding carboxylic acids is 2. The minimum atomic E-state index is -0.689. The lowest BCUT2D eigenvalue weighted by molar-refractivity contribution is -0.119.